The number of hydrogen-bond donors (Lipinski definition) is 2. The van der Waals surface area contributed by atoms with Gasteiger partial charge in [-0.2, -0.15) is 12.7 Å². The molecular formula is C10H23N3O2S. The number of nitrogens with one attached hydrogen (secondary N) is 2. The molecule has 0 radical (unpaired) electrons. The molecule has 2 N–H and O–H groups in total. The van der Waals surface area contributed by atoms with Gasteiger partial charge in [-0.25, -0.2) is 4.72 Å². The summed E-state index contributed by atoms with van der Waals surface area (Å²) in [6.45, 7) is 4.99. The summed E-state index contributed by atoms with van der Waals surface area (Å²) in [7, 11) is -1.47. The van der Waals surface area contributed by atoms with Gasteiger partial charge in [0.2, 0.25) is 0 Å². The first-order valence-electron chi connectivity index (χ1n) is 5.91. The Labute approximate surface area is 98.8 Å². The van der Waals surface area contributed by atoms with Gasteiger partial charge < -0.3 is 5.32 Å². The van der Waals surface area contributed by atoms with Gasteiger partial charge in [-0.3, -0.25) is 0 Å². The minimum Gasteiger partial charge on any atom is -0.316 e. The smallest absolute Gasteiger partial charge is 0.279 e. The van der Waals surface area contributed by atoms with E-state index in [0.29, 0.717) is 13.1 Å². The molecule has 0 bridgehead atoms. The lowest BCUT2D eigenvalue weighted by atomic mass is 10.1. The summed E-state index contributed by atoms with van der Waals surface area (Å²) in [5.41, 5.74) is 0. The van der Waals surface area contributed by atoms with Gasteiger partial charge in [0.05, 0.1) is 0 Å². The van der Waals surface area contributed by atoms with Crippen LogP contribution in [-0.2, 0) is 10.2 Å². The molecular weight excluding hydrogens is 226 g/mol. The normalized spacial score (nSPS) is 25.6. The molecule has 2 unspecified atom stereocenters. The molecule has 0 spiro atoms. The van der Waals surface area contributed by atoms with E-state index in [1.807, 2.05) is 20.9 Å². The van der Waals surface area contributed by atoms with E-state index in [9.17, 15) is 8.42 Å². The highest BCUT2D eigenvalue weighted by molar-refractivity contribution is 7.87. The summed E-state index contributed by atoms with van der Waals surface area (Å²) in [6, 6.07) is 0.269. The fourth-order valence-corrected chi connectivity index (χ4v) is 3.42. The molecule has 1 fully saturated rings. The fourth-order valence-electron chi connectivity index (χ4n) is 1.84. The van der Waals surface area contributed by atoms with Crippen LogP contribution >= 0.6 is 0 Å². The van der Waals surface area contributed by atoms with Crippen molar-refractivity contribution in [1.82, 2.24) is 14.3 Å². The minimum atomic E-state index is -3.29. The second kappa shape index (κ2) is 5.95. The molecule has 1 heterocycles. The van der Waals surface area contributed by atoms with Crippen LogP contribution in [0.25, 0.3) is 0 Å². The van der Waals surface area contributed by atoms with Gasteiger partial charge in [-0.05, 0) is 33.7 Å². The van der Waals surface area contributed by atoms with Gasteiger partial charge in [0.25, 0.3) is 10.2 Å². The Kier molecular flexibility index (Phi) is 5.17. The van der Waals surface area contributed by atoms with Gasteiger partial charge >= 0.3 is 0 Å². The Morgan fingerprint density at radius 3 is 2.69 bits per heavy atom. The van der Waals surface area contributed by atoms with Crippen molar-refractivity contribution in [2.24, 2.45) is 0 Å². The Hall–Kier alpha value is -0.170. The first-order chi connectivity index (χ1) is 7.47. The van der Waals surface area contributed by atoms with E-state index in [-0.39, 0.29) is 12.1 Å². The molecule has 6 heteroatoms. The van der Waals surface area contributed by atoms with E-state index in [1.54, 1.807) is 4.31 Å². The van der Waals surface area contributed by atoms with Crippen LogP contribution in [0.1, 0.15) is 33.1 Å². The Bertz CT molecular complexity index is 305. The molecule has 0 aromatic carbocycles. The lowest BCUT2D eigenvalue weighted by Crippen LogP contribution is -2.50. The van der Waals surface area contributed by atoms with E-state index in [2.05, 4.69) is 10.0 Å². The van der Waals surface area contributed by atoms with E-state index < -0.39 is 10.2 Å². The van der Waals surface area contributed by atoms with E-state index in [0.717, 1.165) is 19.3 Å². The largest absolute Gasteiger partial charge is 0.316 e. The second-order valence-electron chi connectivity index (χ2n) is 4.50. The van der Waals surface area contributed by atoms with Crippen molar-refractivity contribution in [3.05, 3.63) is 0 Å². The highest BCUT2D eigenvalue weighted by Crippen LogP contribution is 2.18. The summed E-state index contributed by atoms with van der Waals surface area (Å²) >= 11 is 0. The zero-order valence-corrected chi connectivity index (χ0v) is 11.2. The number of nitrogens with zero attached hydrogens (tertiary/aromatic N) is 1. The molecule has 96 valence electrons. The maximum absolute atomic E-state index is 12.0. The van der Waals surface area contributed by atoms with Crippen LogP contribution in [-0.4, -0.2) is 44.9 Å². The highest BCUT2D eigenvalue weighted by Gasteiger charge is 2.29. The quantitative estimate of drug-likeness (QED) is 0.737. The number of likely N-dealkylation sites (N-methyl/N-ethyl adjacent to an activating group) is 1. The molecule has 1 saturated heterocycles. The number of hydrogen-bond acceptors (Lipinski definition) is 3. The summed E-state index contributed by atoms with van der Waals surface area (Å²) in [5.74, 6) is 0. The third kappa shape index (κ3) is 3.69. The number of piperidine rings is 1. The molecule has 16 heavy (non-hydrogen) atoms. The van der Waals surface area contributed by atoms with Crippen LogP contribution in [0.15, 0.2) is 0 Å². The highest BCUT2D eigenvalue weighted by atomic mass is 32.2. The molecule has 0 saturated carbocycles. The molecule has 0 aliphatic carbocycles. The zero-order chi connectivity index (χ0) is 12.2. The van der Waals surface area contributed by atoms with Gasteiger partial charge in [-0.15, -0.1) is 0 Å². The SMILES string of the molecule is CNC(C)CNS(=O)(=O)N1CCCCC1C. The lowest BCUT2D eigenvalue weighted by molar-refractivity contribution is 0.265. The van der Waals surface area contributed by atoms with Gasteiger partial charge in [0.1, 0.15) is 0 Å². The van der Waals surface area contributed by atoms with Crippen molar-refractivity contribution >= 4 is 10.2 Å². The zero-order valence-electron chi connectivity index (χ0n) is 10.4. The van der Waals surface area contributed by atoms with Crippen molar-refractivity contribution in [3.8, 4) is 0 Å². The monoisotopic (exact) mass is 249 g/mol. The van der Waals surface area contributed by atoms with Gasteiger partial charge in [0, 0.05) is 25.2 Å². The topological polar surface area (TPSA) is 61.4 Å². The van der Waals surface area contributed by atoms with E-state index in [1.165, 1.54) is 0 Å². The van der Waals surface area contributed by atoms with Gasteiger partial charge in [0.15, 0.2) is 0 Å². The molecule has 0 aromatic heterocycles. The molecule has 1 rings (SSSR count). The Morgan fingerprint density at radius 2 is 2.12 bits per heavy atom. The summed E-state index contributed by atoms with van der Waals surface area (Å²) in [4.78, 5) is 0. The fraction of sp³-hybridized carbons (Fsp3) is 1.00. The standard InChI is InChI=1S/C10H23N3O2S/c1-9(11-3)8-12-16(14,15)13-7-5-4-6-10(13)2/h9-12H,4-8H2,1-3H3. The van der Waals surface area contributed by atoms with Crippen molar-refractivity contribution in [2.45, 2.75) is 45.2 Å². The average Bonchev–Trinajstić information content (AvgIpc) is 2.26. The van der Waals surface area contributed by atoms with Crippen molar-refractivity contribution in [1.29, 1.82) is 0 Å². The van der Waals surface area contributed by atoms with Crippen LogP contribution in [0.3, 0.4) is 0 Å². The maximum atomic E-state index is 12.0. The van der Waals surface area contributed by atoms with Crippen LogP contribution < -0.4 is 10.0 Å². The molecule has 0 aromatic rings. The van der Waals surface area contributed by atoms with E-state index in [4.69, 9.17) is 0 Å². The summed E-state index contributed by atoms with van der Waals surface area (Å²) < 4.78 is 28.2. The van der Waals surface area contributed by atoms with Crippen molar-refractivity contribution in [3.63, 3.8) is 0 Å². The maximum Gasteiger partial charge on any atom is 0.279 e. The Balaban J connectivity index is 2.55. The first-order valence-corrected chi connectivity index (χ1v) is 7.35. The summed E-state index contributed by atoms with van der Waals surface area (Å²) in [6.07, 6.45) is 3.05. The third-order valence-electron chi connectivity index (χ3n) is 3.12. The molecule has 1 aliphatic heterocycles. The molecule has 0 amide bonds. The van der Waals surface area contributed by atoms with Crippen molar-refractivity contribution < 1.29 is 8.42 Å². The predicted octanol–water partition coefficient (Wildman–Crippen LogP) is 0.303. The first kappa shape index (κ1) is 13.9. The second-order valence-corrected chi connectivity index (χ2v) is 6.21. The van der Waals surface area contributed by atoms with Crippen LogP contribution in [0.5, 0.6) is 0 Å². The lowest BCUT2D eigenvalue weighted by Gasteiger charge is -2.32. The predicted molar refractivity (Wildman–Crippen MR) is 65.5 cm³/mol. The molecule has 2 atom stereocenters. The third-order valence-corrected chi connectivity index (χ3v) is 4.81. The minimum absolute atomic E-state index is 0.121. The molecule has 5 nitrogen and oxygen atoms in total. The van der Waals surface area contributed by atoms with Crippen LogP contribution in [0.2, 0.25) is 0 Å². The van der Waals surface area contributed by atoms with Crippen LogP contribution in [0.4, 0.5) is 0 Å². The van der Waals surface area contributed by atoms with Crippen LogP contribution in [0, 0.1) is 0 Å². The average molecular weight is 249 g/mol. The Morgan fingerprint density at radius 1 is 1.44 bits per heavy atom. The van der Waals surface area contributed by atoms with Crippen molar-refractivity contribution in [2.75, 3.05) is 20.1 Å². The number of rotatable bonds is 5. The van der Waals surface area contributed by atoms with E-state index >= 15 is 0 Å². The molecule has 1 aliphatic rings. The summed E-state index contributed by atoms with van der Waals surface area (Å²) in [5, 5.41) is 3.01. The van der Waals surface area contributed by atoms with Gasteiger partial charge in [-0.1, -0.05) is 6.42 Å².